The van der Waals surface area contributed by atoms with E-state index in [1.165, 1.54) is 21.4 Å². The van der Waals surface area contributed by atoms with Gasteiger partial charge < -0.3 is 0 Å². The molecule has 1 aliphatic rings. The summed E-state index contributed by atoms with van der Waals surface area (Å²) in [6.07, 6.45) is 2.75. The van der Waals surface area contributed by atoms with Crippen molar-refractivity contribution >= 4 is 15.5 Å². The maximum absolute atomic E-state index is 7.50. The van der Waals surface area contributed by atoms with Gasteiger partial charge in [-0.15, -0.1) is 0 Å². The summed E-state index contributed by atoms with van der Waals surface area (Å²) in [4.78, 5) is 1.35. The zero-order valence-corrected chi connectivity index (χ0v) is 13.3. The van der Waals surface area contributed by atoms with Crippen molar-refractivity contribution in [3.8, 4) is 0 Å². The molecule has 1 aromatic rings. The molecule has 1 aliphatic carbocycles. The number of thioether (sulfide) groups is 1. The summed E-state index contributed by atoms with van der Waals surface area (Å²) in [7, 11) is 0. The van der Waals surface area contributed by atoms with Crippen LogP contribution in [0.15, 0.2) is 35.2 Å². The van der Waals surface area contributed by atoms with Crippen LogP contribution >= 0.6 is 11.8 Å². The fourth-order valence-electron chi connectivity index (χ4n) is 1.01. The Hall–Kier alpha value is -1.33. The molecule has 0 heterocycles. The molecule has 5 nitrogen and oxygen atoms in total. The minimum atomic E-state index is 0.857. The summed E-state index contributed by atoms with van der Waals surface area (Å²) >= 11 is 5.04. The van der Waals surface area contributed by atoms with Crippen molar-refractivity contribution in [2.24, 2.45) is 5.92 Å². The quantitative estimate of drug-likeness (QED) is 0.465. The molecular weight excluding hydrogens is 344 g/mol. The third-order valence-corrected chi connectivity index (χ3v) is 3.83. The Labute approximate surface area is 142 Å². The van der Waals surface area contributed by atoms with E-state index in [1.807, 2.05) is 11.8 Å². The normalized spacial score (nSPS) is 9.18. The Morgan fingerprint density at radius 2 is 1.18 bits per heavy atom. The van der Waals surface area contributed by atoms with Gasteiger partial charge in [0, 0.05) is 0 Å². The molecule has 1 saturated carbocycles. The predicted molar refractivity (Wildman–Crippen MR) is 69.7 cm³/mol. The van der Waals surface area contributed by atoms with Gasteiger partial charge in [-0.25, -0.2) is 0 Å². The number of hydrogen-bond acceptors (Lipinski definition) is 1. The summed E-state index contributed by atoms with van der Waals surface area (Å²) in [6, 6.07) is 10.5. The van der Waals surface area contributed by atoms with Crippen molar-refractivity contribution in [3.05, 3.63) is 63.6 Å². The van der Waals surface area contributed by atoms with Crippen LogP contribution in [0, 0.1) is 39.2 Å². The molecule has 0 saturated heterocycles. The molecular formula is C15H10CrO5S. The first-order valence-electron chi connectivity index (χ1n) is 5.15. The van der Waals surface area contributed by atoms with E-state index >= 15 is 0 Å². The van der Waals surface area contributed by atoms with Gasteiger partial charge in [0.15, 0.2) is 0 Å². The van der Waals surface area contributed by atoms with Crippen molar-refractivity contribution in [2.45, 2.75) is 17.7 Å². The van der Waals surface area contributed by atoms with E-state index in [1.54, 1.807) is 0 Å². The fourth-order valence-corrected chi connectivity index (χ4v) is 2.75. The molecule has 7 heteroatoms. The van der Waals surface area contributed by atoms with Gasteiger partial charge in [0.1, 0.15) is 0 Å². The van der Waals surface area contributed by atoms with Gasteiger partial charge in [-0.2, -0.15) is 0 Å². The first kappa shape index (κ1) is 28.8. The second kappa shape index (κ2) is 27.9. The predicted octanol–water partition coefficient (Wildman–Crippen LogP) is 2.68. The molecule has 0 atom stereocenters. The molecule has 0 amide bonds. The number of hydrogen-bond donors (Lipinski definition) is 0. The van der Waals surface area contributed by atoms with E-state index in [4.69, 9.17) is 23.3 Å². The molecule has 0 spiro atoms. The van der Waals surface area contributed by atoms with Crippen LogP contribution in [0.4, 0.5) is 0 Å². The average Bonchev–Trinajstić information content (AvgIpc) is 3.50. The van der Waals surface area contributed by atoms with Gasteiger partial charge in [-0.1, -0.05) is 0 Å². The van der Waals surface area contributed by atoms with Crippen LogP contribution in [-0.2, 0) is 39.1 Å². The van der Waals surface area contributed by atoms with E-state index < -0.39 is 0 Å². The van der Waals surface area contributed by atoms with Gasteiger partial charge >= 0.3 is 142 Å². The SMILES string of the molecule is [C-]#[O+].[C-]#[O+].[C-]#[O+].[C-]#[O+].[C-]#[O+].[Cr]=[C](Sc1ccccc1)C1CC1. The van der Waals surface area contributed by atoms with Gasteiger partial charge in [0.2, 0.25) is 0 Å². The second-order valence-electron chi connectivity index (χ2n) is 3.01. The summed E-state index contributed by atoms with van der Waals surface area (Å²) in [5, 5.41) is 0. The Morgan fingerprint density at radius 1 is 0.818 bits per heavy atom. The first-order chi connectivity index (χ1) is 10.9. The zero-order chi connectivity index (χ0) is 18.4. The van der Waals surface area contributed by atoms with Crippen molar-refractivity contribution < 1.29 is 39.1 Å². The minimum absolute atomic E-state index is 0.857. The van der Waals surface area contributed by atoms with Crippen molar-refractivity contribution in [1.29, 1.82) is 0 Å². The van der Waals surface area contributed by atoms with Crippen LogP contribution in [0.1, 0.15) is 12.8 Å². The molecule has 0 unspecified atom stereocenters. The van der Waals surface area contributed by atoms with Crippen LogP contribution in [0.5, 0.6) is 0 Å². The average molecular weight is 354 g/mol. The zero-order valence-electron chi connectivity index (χ0n) is 11.2. The molecule has 1 aromatic carbocycles. The number of benzene rings is 1. The van der Waals surface area contributed by atoms with E-state index in [9.17, 15) is 0 Å². The molecule has 112 valence electrons. The Kier molecular flexibility index (Phi) is 36.5. The molecule has 0 aromatic heterocycles. The maximum atomic E-state index is 7.50. The standard InChI is InChI=1S/C10H10S.5CO.Cr/c1-2-4-10(5-3-1)11-8-9-6-7-9;5*1-2;/h1-5,9H,6-7H2;;;;;;. The van der Waals surface area contributed by atoms with Crippen molar-refractivity contribution in [3.63, 3.8) is 0 Å². The second-order valence-corrected chi connectivity index (χ2v) is 5.24. The van der Waals surface area contributed by atoms with Gasteiger partial charge in [0.25, 0.3) is 0 Å². The van der Waals surface area contributed by atoms with Crippen molar-refractivity contribution in [2.75, 3.05) is 0 Å². The van der Waals surface area contributed by atoms with Crippen LogP contribution in [-0.4, -0.2) is 3.71 Å². The molecule has 0 bridgehead atoms. The van der Waals surface area contributed by atoms with Crippen LogP contribution in [0.25, 0.3) is 0 Å². The molecule has 0 aliphatic heterocycles. The summed E-state index contributed by atoms with van der Waals surface area (Å²) in [5.74, 6) is 0.857. The van der Waals surface area contributed by atoms with E-state index in [0.717, 1.165) is 5.92 Å². The molecule has 0 N–H and O–H groups in total. The third-order valence-electron chi connectivity index (χ3n) is 1.87. The summed E-state index contributed by atoms with van der Waals surface area (Å²) in [5.41, 5.74) is 0. The molecule has 2 rings (SSSR count). The van der Waals surface area contributed by atoms with E-state index in [0.29, 0.717) is 0 Å². The number of rotatable bonds is 3. The Bertz CT molecular complexity index is 437. The van der Waals surface area contributed by atoms with Crippen LogP contribution in [0.3, 0.4) is 0 Å². The van der Waals surface area contributed by atoms with Gasteiger partial charge in [0.05, 0.1) is 0 Å². The molecule has 0 radical (unpaired) electrons. The fraction of sp³-hybridized carbons (Fsp3) is 0.200. The molecule has 1 fully saturated rings. The van der Waals surface area contributed by atoms with Crippen molar-refractivity contribution in [1.82, 2.24) is 0 Å². The van der Waals surface area contributed by atoms with Gasteiger partial charge in [-0.3, -0.25) is 0 Å². The van der Waals surface area contributed by atoms with Gasteiger partial charge in [-0.05, 0) is 0 Å². The Balaban J connectivity index is -0.000000139. The topological polar surface area (TPSA) is 99.5 Å². The summed E-state index contributed by atoms with van der Waals surface area (Å²) < 4.78 is 39.0. The molecule has 22 heavy (non-hydrogen) atoms. The van der Waals surface area contributed by atoms with Crippen LogP contribution < -0.4 is 0 Å². The van der Waals surface area contributed by atoms with E-state index in [-0.39, 0.29) is 0 Å². The third kappa shape index (κ3) is 18.7. The summed E-state index contributed by atoms with van der Waals surface area (Å²) in [6.45, 7) is 22.5. The monoisotopic (exact) mass is 354 g/mol. The Morgan fingerprint density at radius 3 is 1.50 bits per heavy atom. The van der Waals surface area contributed by atoms with E-state index in [2.05, 4.69) is 79.4 Å². The van der Waals surface area contributed by atoms with Crippen LogP contribution in [0.2, 0.25) is 0 Å². The first-order valence-corrected chi connectivity index (χ1v) is 6.60.